The molecule has 0 radical (unpaired) electrons. The van der Waals surface area contributed by atoms with Crippen LogP contribution in [0.1, 0.15) is 32.6 Å². The molecule has 1 fully saturated rings. The van der Waals surface area contributed by atoms with Crippen LogP contribution < -0.4 is 11.1 Å². The molecular formula is C10H18N2OS. The van der Waals surface area contributed by atoms with Crippen LogP contribution in [0.15, 0.2) is 0 Å². The number of nitrogens with one attached hydrogen (secondary N) is 1. The highest BCUT2D eigenvalue weighted by Crippen LogP contribution is 2.23. The molecule has 0 bridgehead atoms. The second-order valence-corrected chi connectivity index (χ2v) is 4.49. The molecule has 3 nitrogen and oxygen atoms in total. The van der Waals surface area contributed by atoms with Crippen molar-refractivity contribution in [2.75, 3.05) is 6.54 Å². The van der Waals surface area contributed by atoms with Crippen LogP contribution in [0, 0.1) is 11.8 Å². The van der Waals surface area contributed by atoms with Gasteiger partial charge in [-0.05, 0) is 25.7 Å². The number of rotatable bonds is 4. The van der Waals surface area contributed by atoms with Crippen molar-refractivity contribution in [3.05, 3.63) is 0 Å². The van der Waals surface area contributed by atoms with Crippen molar-refractivity contribution in [3.8, 4) is 0 Å². The van der Waals surface area contributed by atoms with Crippen molar-refractivity contribution in [1.29, 1.82) is 0 Å². The Balaban J connectivity index is 2.23. The Hall–Kier alpha value is -0.640. The number of amides is 1. The molecule has 4 heteroatoms. The first kappa shape index (κ1) is 11.4. The zero-order valence-electron chi connectivity index (χ0n) is 8.58. The monoisotopic (exact) mass is 214 g/mol. The van der Waals surface area contributed by atoms with Crippen molar-refractivity contribution >= 4 is 23.1 Å². The van der Waals surface area contributed by atoms with E-state index < -0.39 is 0 Å². The summed E-state index contributed by atoms with van der Waals surface area (Å²) in [4.78, 5) is 11.7. The fourth-order valence-electron chi connectivity index (χ4n) is 1.74. The quantitative estimate of drug-likeness (QED) is 0.692. The number of nitrogens with two attached hydrogens (primary N) is 1. The van der Waals surface area contributed by atoms with Crippen molar-refractivity contribution in [2.45, 2.75) is 32.6 Å². The van der Waals surface area contributed by atoms with E-state index in [-0.39, 0.29) is 16.8 Å². The Bertz CT molecular complexity index is 224. The number of hydrogen-bond donors (Lipinski definition) is 2. The van der Waals surface area contributed by atoms with Gasteiger partial charge >= 0.3 is 0 Å². The van der Waals surface area contributed by atoms with Crippen molar-refractivity contribution in [2.24, 2.45) is 17.6 Å². The fraction of sp³-hybridized carbons (Fsp3) is 0.800. The van der Waals surface area contributed by atoms with Crippen LogP contribution in [-0.2, 0) is 4.79 Å². The van der Waals surface area contributed by atoms with Gasteiger partial charge in [-0.15, -0.1) is 0 Å². The van der Waals surface area contributed by atoms with E-state index in [4.69, 9.17) is 18.0 Å². The van der Waals surface area contributed by atoms with Crippen LogP contribution in [-0.4, -0.2) is 17.4 Å². The van der Waals surface area contributed by atoms with Gasteiger partial charge in [0.2, 0.25) is 5.91 Å². The normalized spacial score (nSPS) is 19.2. The van der Waals surface area contributed by atoms with E-state index in [2.05, 4.69) is 5.32 Å². The summed E-state index contributed by atoms with van der Waals surface area (Å²) in [6.45, 7) is 2.53. The van der Waals surface area contributed by atoms with Crippen LogP contribution >= 0.6 is 12.2 Å². The van der Waals surface area contributed by atoms with Gasteiger partial charge in [-0.1, -0.05) is 25.1 Å². The lowest BCUT2D eigenvalue weighted by atomic mass is 10.1. The van der Waals surface area contributed by atoms with Crippen molar-refractivity contribution in [3.63, 3.8) is 0 Å². The zero-order chi connectivity index (χ0) is 10.6. The largest absolute Gasteiger partial charge is 0.393 e. The lowest BCUT2D eigenvalue weighted by molar-refractivity contribution is -0.122. The Labute approximate surface area is 90.4 Å². The molecule has 0 aliphatic heterocycles. The van der Waals surface area contributed by atoms with Gasteiger partial charge in [0, 0.05) is 6.54 Å². The molecule has 1 saturated carbocycles. The first-order valence-corrected chi connectivity index (χ1v) is 5.59. The number of thiocarbonyl (C=S) groups is 1. The minimum Gasteiger partial charge on any atom is -0.393 e. The molecule has 0 saturated heterocycles. The highest BCUT2D eigenvalue weighted by Gasteiger charge is 2.19. The van der Waals surface area contributed by atoms with E-state index in [1.54, 1.807) is 6.92 Å². The lowest BCUT2D eigenvalue weighted by Gasteiger charge is -2.13. The van der Waals surface area contributed by atoms with Crippen LogP contribution in [0.4, 0.5) is 0 Å². The van der Waals surface area contributed by atoms with Crippen molar-refractivity contribution < 1.29 is 4.79 Å². The molecule has 80 valence electrons. The smallest absolute Gasteiger partial charge is 0.229 e. The average Bonchev–Trinajstić information content (AvgIpc) is 2.65. The molecule has 0 spiro atoms. The summed E-state index contributed by atoms with van der Waals surface area (Å²) in [5.41, 5.74) is 5.39. The third-order valence-corrected chi connectivity index (χ3v) is 3.21. The summed E-state index contributed by atoms with van der Waals surface area (Å²) in [5.74, 6) is 0.285. The first-order valence-electron chi connectivity index (χ1n) is 5.18. The molecule has 1 rings (SSSR count). The van der Waals surface area contributed by atoms with Gasteiger partial charge in [0.1, 0.15) is 0 Å². The molecule has 0 aromatic carbocycles. The SMILES string of the molecule is CC(C(=O)NCC1CCCC1)C(N)=S. The third-order valence-electron chi connectivity index (χ3n) is 2.86. The molecule has 0 heterocycles. The van der Waals surface area contributed by atoms with E-state index in [0.717, 1.165) is 6.54 Å². The second kappa shape index (κ2) is 5.29. The van der Waals surface area contributed by atoms with Gasteiger partial charge in [0.15, 0.2) is 0 Å². The molecule has 1 atom stereocenters. The molecule has 1 amide bonds. The summed E-state index contributed by atoms with van der Waals surface area (Å²) in [5, 5.41) is 2.90. The number of hydrogen-bond acceptors (Lipinski definition) is 2. The van der Waals surface area contributed by atoms with E-state index >= 15 is 0 Å². The van der Waals surface area contributed by atoms with E-state index in [1.165, 1.54) is 25.7 Å². The fourth-order valence-corrected chi connectivity index (χ4v) is 1.85. The molecule has 0 aromatic heterocycles. The van der Waals surface area contributed by atoms with Gasteiger partial charge < -0.3 is 11.1 Å². The van der Waals surface area contributed by atoms with Gasteiger partial charge in [-0.3, -0.25) is 4.79 Å². The Morgan fingerprint density at radius 3 is 2.64 bits per heavy atom. The highest BCUT2D eigenvalue weighted by atomic mass is 32.1. The summed E-state index contributed by atoms with van der Waals surface area (Å²) in [7, 11) is 0. The minimum absolute atomic E-state index is 0.0376. The standard InChI is InChI=1S/C10H18N2OS/c1-7(9(11)14)10(13)12-6-8-4-2-3-5-8/h7-8H,2-6H2,1H3,(H2,11,14)(H,12,13). The Morgan fingerprint density at radius 2 is 2.14 bits per heavy atom. The number of carbonyl (C=O) groups excluding carboxylic acids is 1. The van der Waals surface area contributed by atoms with Crippen LogP contribution in [0.3, 0.4) is 0 Å². The molecule has 1 aliphatic carbocycles. The van der Waals surface area contributed by atoms with E-state index in [0.29, 0.717) is 5.92 Å². The molecule has 14 heavy (non-hydrogen) atoms. The highest BCUT2D eigenvalue weighted by molar-refractivity contribution is 7.80. The molecule has 0 aromatic rings. The summed E-state index contributed by atoms with van der Waals surface area (Å²) in [6.07, 6.45) is 5.07. The second-order valence-electron chi connectivity index (χ2n) is 4.02. The molecule has 3 N–H and O–H groups in total. The topological polar surface area (TPSA) is 55.1 Å². The van der Waals surface area contributed by atoms with Crippen LogP contribution in [0.2, 0.25) is 0 Å². The summed E-state index contributed by atoms with van der Waals surface area (Å²) >= 11 is 4.76. The summed E-state index contributed by atoms with van der Waals surface area (Å²) in [6, 6.07) is 0. The van der Waals surface area contributed by atoms with Gasteiger partial charge in [-0.25, -0.2) is 0 Å². The predicted octanol–water partition coefficient (Wildman–Crippen LogP) is 1.22. The lowest BCUT2D eigenvalue weighted by Crippen LogP contribution is -2.38. The maximum absolute atomic E-state index is 11.5. The van der Waals surface area contributed by atoms with E-state index in [9.17, 15) is 4.79 Å². The van der Waals surface area contributed by atoms with E-state index in [1.807, 2.05) is 0 Å². The van der Waals surface area contributed by atoms with Gasteiger partial charge in [0.25, 0.3) is 0 Å². The average molecular weight is 214 g/mol. The molecule has 1 unspecified atom stereocenters. The van der Waals surface area contributed by atoms with Gasteiger partial charge in [0.05, 0.1) is 10.9 Å². The molecular weight excluding hydrogens is 196 g/mol. The first-order chi connectivity index (χ1) is 6.61. The molecule has 1 aliphatic rings. The predicted molar refractivity (Wildman–Crippen MR) is 60.9 cm³/mol. The zero-order valence-corrected chi connectivity index (χ0v) is 9.40. The Morgan fingerprint density at radius 1 is 1.57 bits per heavy atom. The van der Waals surface area contributed by atoms with Crippen LogP contribution in [0.5, 0.6) is 0 Å². The maximum Gasteiger partial charge on any atom is 0.229 e. The van der Waals surface area contributed by atoms with Crippen molar-refractivity contribution in [1.82, 2.24) is 5.32 Å². The minimum atomic E-state index is -0.341. The number of carbonyl (C=O) groups is 1. The summed E-state index contributed by atoms with van der Waals surface area (Å²) < 4.78 is 0. The van der Waals surface area contributed by atoms with Gasteiger partial charge in [-0.2, -0.15) is 0 Å². The maximum atomic E-state index is 11.5. The third kappa shape index (κ3) is 3.25. The van der Waals surface area contributed by atoms with Crippen LogP contribution in [0.25, 0.3) is 0 Å². The Kier molecular flexibility index (Phi) is 4.32.